The summed E-state index contributed by atoms with van der Waals surface area (Å²) in [7, 11) is 1.72. The van der Waals surface area contributed by atoms with Crippen molar-refractivity contribution in [1.29, 1.82) is 0 Å². The first-order chi connectivity index (χ1) is 12.6. The first-order valence-corrected chi connectivity index (χ1v) is 9.62. The Balaban J connectivity index is 1.51. The van der Waals surface area contributed by atoms with Crippen LogP contribution in [0.2, 0.25) is 0 Å². The normalized spacial score (nSPS) is 11.0. The van der Waals surface area contributed by atoms with Gasteiger partial charge in [-0.05, 0) is 24.3 Å². The third-order valence-electron chi connectivity index (χ3n) is 3.90. The second kappa shape index (κ2) is 6.93. The number of amides is 1. The number of para-hydroxylation sites is 1. The third-order valence-corrected chi connectivity index (χ3v) is 5.95. The Morgan fingerprint density at radius 3 is 2.81 bits per heavy atom. The number of halogens is 1. The van der Waals surface area contributed by atoms with E-state index in [0.29, 0.717) is 21.4 Å². The summed E-state index contributed by atoms with van der Waals surface area (Å²) < 4.78 is 14.4. The minimum Gasteiger partial charge on any atom is -0.291 e. The van der Waals surface area contributed by atoms with Gasteiger partial charge in [0, 0.05) is 18.0 Å². The molecule has 0 saturated carbocycles. The number of hydrogen-bond donors (Lipinski definition) is 0. The zero-order valence-corrected chi connectivity index (χ0v) is 15.5. The zero-order chi connectivity index (χ0) is 18.1. The average molecular weight is 383 g/mol. The van der Waals surface area contributed by atoms with Crippen LogP contribution in [-0.2, 0) is 11.2 Å². The fraction of sp³-hybridized carbons (Fsp3) is 0.105. The van der Waals surface area contributed by atoms with Crippen LogP contribution in [0.15, 0.2) is 53.9 Å². The van der Waals surface area contributed by atoms with E-state index in [0.717, 1.165) is 10.2 Å². The third kappa shape index (κ3) is 3.36. The number of fused-ring (bicyclic) bond motifs is 1. The Kier molecular flexibility index (Phi) is 4.48. The molecule has 4 rings (SSSR count). The van der Waals surface area contributed by atoms with Crippen molar-refractivity contribution in [3.63, 3.8) is 0 Å². The summed E-state index contributed by atoms with van der Waals surface area (Å²) in [5, 5.41) is 3.20. The molecule has 130 valence electrons. The molecule has 4 nitrogen and oxygen atoms in total. The van der Waals surface area contributed by atoms with Crippen molar-refractivity contribution in [3.8, 4) is 10.6 Å². The molecule has 0 spiro atoms. The molecule has 0 atom stereocenters. The second-order valence-corrected chi connectivity index (χ2v) is 7.62. The van der Waals surface area contributed by atoms with Crippen molar-refractivity contribution in [2.24, 2.45) is 0 Å². The topological polar surface area (TPSA) is 46.1 Å². The Morgan fingerprint density at radius 1 is 1.15 bits per heavy atom. The molecule has 0 aliphatic carbocycles. The molecule has 0 bridgehead atoms. The van der Waals surface area contributed by atoms with E-state index in [1.54, 1.807) is 24.1 Å². The fourth-order valence-electron chi connectivity index (χ4n) is 2.53. The molecule has 26 heavy (non-hydrogen) atoms. The van der Waals surface area contributed by atoms with E-state index in [-0.39, 0.29) is 18.1 Å². The zero-order valence-electron chi connectivity index (χ0n) is 13.8. The van der Waals surface area contributed by atoms with Gasteiger partial charge < -0.3 is 0 Å². The summed E-state index contributed by atoms with van der Waals surface area (Å²) in [5.41, 5.74) is 2.27. The lowest BCUT2D eigenvalue weighted by atomic mass is 10.2. The van der Waals surface area contributed by atoms with Gasteiger partial charge in [0.15, 0.2) is 5.13 Å². The molecule has 0 saturated heterocycles. The predicted octanol–water partition coefficient (Wildman–Crippen LogP) is 4.76. The number of anilines is 1. The number of aromatic nitrogens is 2. The van der Waals surface area contributed by atoms with Crippen LogP contribution in [0, 0.1) is 5.82 Å². The molecule has 1 amide bonds. The maximum atomic E-state index is 13.4. The molecule has 0 unspecified atom stereocenters. The molecule has 0 radical (unpaired) electrons. The van der Waals surface area contributed by atoms with Crippen LogP contribution < -0.4 is 4.90 Å². The number of benzene rings is 2. The van der Waals surface area contributed by atoms with Gasteiger partial charge in [-0.1, -0.05) is 35.6 Å². The molecule has 2 heterocycles. The highest BCUT2D eigenvalue weighted by Crippen LogP contribution is 2.29. The molecule has 0 aliphatic rings. The van der Waals surface area contributed by atoms with Gasteiger partial charge in [0.1, 0.15) is 10.8 Å². The maximum Gasteiger partial charge on any atom is 0.234 e. The number of hydrogen-bond acceptors (Lipinski definition) is 5. The van der Waals surface area contributed by atoms with Crippen LogP contribution in [0.4, 0.5) is 9.52 Å². The molecule has 2 aromatic heterocycles. The van der Waals surface area contributed by atoms with Crippen LogP contribution in [-0.4, -0.2) is 22.9 Å². The van der Waals surface area contributed by atoms with E-state index >= 15 is 0 Å². The number of carbonyl (C=O) groups excluding carboxylic acids is 1. The largest absolute Gasteiger partial charge is 0.291 e. The van der Waals surface area contributed by atoms with E-state index in [9.17, 15) is 9.18 Å². The molecule has 0 fully saturated rings. The van der Waals surface area contributed by atoms with Gasteiger partial charge in [-0.25, -0.2) is 14.4 Å². The molecule has 0 aliphatic heterocycles. The van der Waals surface area contributed by atoms with E-state index in [1.807, 2.05) is 29.6 Å². The highest BCUT2D eigenvalue weighted by molar-refractivity contribution is 7.22. The summed E-state index contributed by atoms with van der Waals surface area (Å²) in [4.78, 5) is 23.1. The van der Waals surface area contributed by atoms with E-state index in [1.165, 1.54) is 34.8 Å². The number of thiazole rings is 2. The molecule has 4 aromatic rings. The lowest BCUT2D eigenvalue weighted by Crippen LogP contribution is -2.27. The van der Waals surface area contributed by atoms with Gasteiger partial charge in [-0.2, -0.15) is 0 Å². The van der Waals surface area contributed by atoms with Crippen LogP contribution in [0.1, 0.15) is 5.69 Å². The van der Waals surface area contributed by atoms with Crippen molar-refractivity contribution in [1.82, 2.24) is 9.97 Å². The van der Waals surface area contributed by atoms with Crippen molar-refractivity contribution >= 4 is 43.9 Å². The van der Waals surface area contributed by atoms with Gasteiger partial charge in [0.2, 0.25) is 5.91 Å². The smallest absolute Gasteiger partial charge is 0.234 e. The van der Waals surface area contributed by atoms with Crippen molar-refractivity contribution < 1.29 is 9.18 Å². The average Bonchev–Trinajstić information content (AvgIpc) is 3.27. The number of likely N-dealkylation sites (N-methyl/N-ethyl adjacent to an activating group) is 1. The summed E-state index contributed by atoms with van der Waals surface area (Å²) in [6.45, 7) is 0. The minimum absolute atomic E-state index is 0.0832. The summed E-state index contributed by atoms with van der Waals surface area (Å²) in [5.74, 6) is -0.383. The Bertz CT molecular complexity index is 1060. The van der Waals surface area contributed by atoms with Gasteiger partial charge >= 0.3 is 0 Å². The van der Waals surface area contributed by atoms with E-state index < -0.39 is 0 Å². The lowest BCUT2D eigenvalue weighted by molar-refractivity contribution is -0.117. The van der Waals surface area contributed by atoms with Crippen molar-refractivity contribution in [2.75, 3.05) is 11.9 Å². The van der Waals surface area contributed by atoms with Crippen LogP contribution in [0.25, 0.3) is 20.8 Å². The minimum atomic E-state index is -0.300. The van der Waals surface area contributed by atoms with Gasteiger partial charge in [-0.15, -0.1) is 11.3 Å². The predicted molar refractivity (Wildman–Crippen MR) is 104 cm³/mol. The second-order valence-electron chi connectivity index (χ2n) is 5.75. The van der Waals surface area contributed by atoms with Gasteiger partial charge in [-0.3, -0.25) is 9.69 Å². The summed E-state index contributed by atoms with van der Waals surface area (Å²) in [6, 6.07) is 14.1. The van der Waals surface area contributed by atoms with Crippen molar-refractivity contribution in [2.45, 2.75) is 6.42 Å². The molecule has 2 aromatic carbocycles. The maximum absolute atomic E-state index is 13.4. The quantitative estimate of drug-likeness (QED) is 0.510. The first-order valence-electron chi connectivity index (χ1n) is 7.92. The van der Waals surface area contributed by atoms with Gasteiger partial charge in [0.25, 0.3) is 0 Å². The Labute approximate surface area is 157 Å². The van der Waals surface area contributed by atoms with Crippen LogP contribution >= 0.6 is 22.7 Å². The highest BCUT2D eigenvalue weighted by atomic mass is 32.1. The number of rotatable bonds is 4. The van der Waals surface area contributed by atoms with Crippen LogP contribution in [0.3, 0.4) is 0 Å². The number of carbonyl (C=O) groups is 1. The Morgan fingerprint density at radius 2 is 2.00 bits per heavy atom. The SMILES string of the molecule is CN(C(=O)Cc1csc(-c2cccc(F)c2)n1)c1nc2ccccc2s1. The molecule has 0 N–H and O–H groups in total. The summed E-state index contributed by atoms with van der Waals surface area (Å²) in [6.07, 6.45) is 0.179. The lowest BCUT2D eigenvalue weighted by Gasteiger charge is -2.12. The van der Waals surface area contributed by atoms with Crippen molar-refractivity contribution in [3.05, 3.63) is 65.4 Å². The fourth-order valence-corrected chi connectivity index (χ4v) is 4.29. The summed E-state index contributed by atoms with van der Waals surface area (Å²) >= 11 is 2.89. The molecular formula is C19H14FN3OS2. The van der Waals surface area contributed by atoms with E-state index in [2.05, 4.69) is 9.97 Å². The van der Waals surface area contributed by atoms with E-state index in [4.69, 9.17) is 0 Å². The van der Waals surface area contributed by atoms with Gasteiger partial charge in [0.05, 0.1) is 22.3 Å². The monoisotopic (exact) mass is 383 g/mol. The Hall–Kier alpha value is -2.64. The molecular weight excluding hydrogens is 369 g/mol. The standard InChI is InChI=1S/C19H14FN3OS2/c1-23(19-22-15-7-2-3-8-16(15)26-19)17(24)10-14-11-25-18(21-14)12-5-4-6-13(20)9-12/h2-9,11H,10H2,1H3. The number of nitrogens with zero attached hydrogens (tertiary/aromatic N) is 3. The first kappa shape index (κ1) is 16.8. The molecule has 7 heteroatoms. The van der Waals surface area contributed by atoms with Crippen LogP contribution in [0.5, 0.6) is 0 Å². The highest BCUT2D eigenvalue weighted by Gasteiger charge is 2.17.